The van der Waals surface area contributed by atoms with Crippen LogP contribution in [-0.2, 0) is 0 Å². The monoisotopic (exact) mass is 237 g/mol. The number of hydrogen-bond donors (Lipinski definition) is 1. The Bertz CT molecular complexity index is 383. The second-order valence-electron chi connectivity index (χ2n) is 4.43. The van der Waals surface area contributed by atoms with Crippen LogP contribution in [0.2, 0.25) is 0 Å². The predicted octanol–water partition coefficient (Wildman–Crippen LogP) is 1.20. The average Bonchev–Trinajstić information content (AvgIpc) is 2.77. The number of piperidine rings is 1. The highest BCUT2D eigenvalue weighted by Gasteiger charge is 2.27. The van der Waals surface area contributed by atoms with Crippen molar-refractivity contribution in [3.63, 3.8) is 0 Å². The van der Waals surface area contributed by atoms with Gasteiger partial charge in [-0.15, -0.1) is 0 Å². The summed E-state index contributed by atoms with van der Waals surface area (Å²) in [6.07, 6.45) is 3.75. The number of aromatic nitrogens is 1. The normalized spacial score (nSPS) is 20.2. The zero-order valence-corrected chi connectivity index (χ0v) is 10.4. The van der Waals surface area contributed by atoms with Gasteiger partial charge in [0.2, 0.25) is 5.76 Å². The molecule has 1 aliphatic rings. The Morgan fingerprint density at radius 2 is 2.53 bits per heavy atom. The molecule has 1 N–H and O–H groups in total. The Hall–Kier alpha value is -1.36. The van der Waals surface area contributed by atoms with Crippen LogP contribution in [0, 0.1) is 6.92 Å². The molecule has 94 valence electrons. The van der Waals surface area contributed by atoms with Gasteiger partial charge in [-0.25, -0.2) is 0 Å². The van der Waals surface area contributed by atoms with Crippen molar-refractivity contribution in [2.75, 3.05) is 19.6 Å². The maximum atomic E-state index is 12.3. The van der Waals surface area contributed by atoms with Crippen molar-refractivity contribution in [3.8, 4) is 0 Å². The Kier molecular flexibility index (Phi) is 3.78. The number of rotatable bonds is 3. The Morgan fingerprint density at radius 3 is 3.06 bits per heavy atom. The largest absolute Gasteiger partial charge is 0.351 e. The molecule has 0 aliphatic carbocycles. The van der Waals surface area contributed by atoms with Crippen molar-refractivity contribution in [1.29, 1.82) is 0 Å². The highest BCUT2D eigenvalue weighted by atomic mass is 16.5. The number of nitrogens with zero attached hydrogens (tertiary/aromatic N) is 2. The molecule has 5 heteroatoms. The van der Waals surface area contributed by atoms with Gasteiger partial charge in [-0.2, -0.15) is 0 Å². The maximum Gasteiger partial charge on any atom is 0.293 e. The second-order valence-corrected chi connectivity index (χ2v) is 4.43. The lowest BCUT2D eigenvalue weighted by Gasteiger charge is -2.33. The van der Waals surface area contributed by atoms with E-state index >= 15 is 0 Å². The lowest BCUT2D eigenvalue weighted by molar-refractivity contribution is 0.0619. The van der Waals surface area contributed by atoms with E-state index in [2.05, 4.69) is 10.5 Å². The fourth-order valence-electron chi connectivity index (χ4n) is 2.29. The first kappa shape index (κ1) is 12.1. The minimum Gasteiger partial charge on any atom is -0.351 e. The highest BCUT2D eigenvalue weighted by Crippen LogP contribution is 2.16. The number of carbonyl (C=O) groups is 1. The lowest BCUT2D eigenvalue weighted by atomic mass is 10.1. The van der Waals surface area contributed by atoms with Crippen molar-refractivity contribution in [2.45, 2.75) is 32.7 Å². The first-order valence-corrected chi connectivity index (χ1v) is 6.17. The molecule has 1 atom stereocenters. The van der Waals surface area contributed by atoms with E-state index in [-0.39, 0.29) is 11.9 Å². The Balaban J connectivity index is 2.12. The number of carbonyl (C=O) groups excluding carboxylic acids is 1. The van der Waals surface area contributed by atoms with Crippen LogP contribution in [0.1, 0.15) is 35.9 Å². The highest BCUT2D eigenvalue weighted by molar-refractivity contribution is 5.92. The van der Waals surface area contributed by atoms with Crippen LogP contribution in [0.15, 0.2) is 10.7 Å². The zero-order chi connectivity index (χ0) is 12.3. The quantitative estimate of drug-likeness (QED) is 0.858. The van der Waals surface area contributed by atoms with Crippen molar-refractivity contribution < 1.29 is 9.32 Å². The molecule has 1 saturated heterocycles. The van der Waals surface area contributed by atoms with Crippen LogP contribution in [-0.4, -0.2) is 41.6 Å². The van der Waals surface area contributed by atoms with Gasteiger partial charge in [0, 0.05) is 24.7 Å². The van der Waals surface area contributed by atoms with E-state index in [1.165, 1.54) is 0 Å². The van der Waals surface area contributed by atoms with Crippen LogP contribution in [0.4, 0.5) is 0 Å². The van der Waals surface area contributed by atoms with Gasteiger partial charge >= 0.3 is 0 Å². The Morgan fingerprint density at radius 1 is 1.71 bits per heavy atom. The van der Waals surface area contributed by atoms with Gasteiger partial charge in [-0.1, -0.05) is 5.16 Å². The second kappa shape index (κ2) is 5.31. The predicted molar refractivity (Wildman–Crippen MR) is 63.8 cm³/mol. The first-order chi connectivity index (χ1) is 8.24. The fourth-order valence-corrected chi connectivity index (χ4v) is 2.29. The topological polar surface area (TPSA) is 58.4 Å². The molecule has 2 heterocycles. The standard InChI is InChI=1S/C12H19N3O2/c1-3-15(10-5-4-6-13-8-10)12(16)11-9(2)7-14-17-11/h7,10,13H,3-6,8H2,1-2H3. The van der Waals surface area contributed by atoms with Gasteiger partial charge in [0.1, 0.15) is 0 Å². The molecule has 0 spiro atoms. The third-order valence-corrected chi connectivity index (χ3v) is 3.26. The van der Waals surface area contributed by atoms with Gasteiger partial charge in [-0.05, 0) is 33.2 Å². The van der Waals surface area contributed by atoms with Crippen LogP contribution in [0.25, 0.3) is 0 Å². The number of nitrogens with one attached hydrogen (secondary N) is 1. The van der Waals surface area contributed by atoms with E-state index in [4.69, 9.17) is 4.52 Å². The maximum absolute atomic E-state index is 12.3. The third-order valence-electron chi connectivity index (χ3n) is 3.26. The molecule has 0 bridgehead atoms. The van der Waals surface area contributed by atoms with Gasteiger partial charge in [0.05, 0.1) is 6.20 Å². The molecule has 1 aromatic heterocycles. The summed E-state index contributed by atoms with van der Waals surface area (Å²) < 4.78 is 5.04. The smallest absolute Gasteiger partial charge is 0.293 e. The molecule has 5 nitrogen and oxygen atoms in total. The van der Waals surface area contributed by atoms with E-state index < -0.39 is 0 Å². The number of aryl methyl sites for hydroxylation is 1. The molecule has 0 saturated carbocycles. The Labute approximate surface area is 101 Å². The fraction of sp³-hybridized carbons (Fsp3) is 0.667. The molecule has 1 amide bonds. The number of amides is 1. The summed E-state index contributed by atoms with van der Waals surface area (Å²) in [5.41, 5.74) is 0.803. The van der Waals surface area contributed by atoms with Crippen LogP contribution >= 0.6 is 0 Å². The number of hydrogen-bond acceptors (Lipinski definition) is 4. The minimum atomic E-state index is -0.0452. The van der Waals surface area contributed by atoms with Crippen molar-refractivity contribution >= 4 is 5.91 Å². The summed E-state index contributed by atoms with van der Waals surface area (Å²) in [5.74, 6) is 0.327. The van der Waals surface area contributed by atoms with E-state index in [1.54, 1.807) is 6.20 Å². The average molecular weight is 237 g/mol. The van der Waals surface area contributed by atoms with Gasteiger partial charge in [0.15, 0.2) is 0 Å². The molecule has 0 radical (unpaired) electrons. The van der Waals surface area contributed by atoms with Crippen LogP contribution in [0.3, 0.4) is 0 Å². The van der Waals surface area contributed by atoms with Crippen LogP contribution in [0.5, 0.6) is 0 Å². The zero-order valence-electron chi connectivity index (χ0n) is 10.4. The summed E-state index contributed by atoms with van der Waals surface area (Å²) in [5, 5.41) is 6.99. The molecule has 2 rings (SSSR count). The summed E-state index contributed by atoms with van der Waals surface area (Å²) in [6.45, 7) is 6.45. The van der Waals surface area contributed by atoms with Crippen molar-refractivity contribution in [3.05, 3.63) is 17.5 Å². The van der Waals surface area contributed by atoms with Gasteiger partial charge in [-0.3, -0.25) is 4.79 Å². The van der Waals surface area contributed by atoms with Gasteiger partial charge < -0.3 is 14.7 Å². The van der Waals surface area contributed by atoms with E-state index in [0.717, 1.165) is 31.5 Å². The molecule has 0 aromatic carbocycles. The summed E-state index contributed by atoms with van der Waals surface area (Å²) in [4.78, 5) is 14.2. The van der Waals surface area contributed by atoms with Crippen LogP contribution < -0.4 is 5.32 Å². The summed E-state index contributed by atoms with van der Waals surface area (Å²) >= 11 is 0. The molecule has 1 aromatic rings. The SMILES string of the molecule is CCN(C(=O)c1oncc1C)C1CCCNC1. The third kappa shape index (κ3) is 2.49. The molecule has 1 unspecified atom stereocenters. The summed E-state index contributed by atoms with van der Waals surface area (Å²) in [6, 6.07) is 0.269. The molecule has 1 aliphatic heterocycles. The van der Waals surface area contributed by atoms with Crippen molar-refractivity contribution in [2.24, 2.45) is 0 Å². The van der Waals surface area contributed by atoms with Crippen molar-refractivity contribution in [1.82, 2.24) is 15.4 Å². The summed E-state index contributed by atoms with van der Waals surface area (Å²) in [7, 11) is 0. The molecular formula is C12H19N3O2. The van der Waals surface area contributed by atoms with E-state index in [1.807, 2.05) is 18.7 Å². The molecule has 17 heavy (non-hydrogen) atoms. The van der Waals surface area contributed by atoms with Gasteiger partial charge in [0.25, 0.3) is 5.91 Å². The van der Waals surface area contributed by atoms with E-state index in [9.17, 15) is 4.79 Å². The first-order valence-electron chi connectivity index (χ1n) is 6.17. The minimum absolute atomic E-state index is 0.0452. The molecular weight excluding hydrogens is 218 g/mol. The molecule has 1 fully saturated rings. The van der Waals surface area contributed by atoms with E-state index in [0.29, 0.717) is 12.3 Å². The number of likely N-dealkylation sites (N-methyl/N-ethyl adjacent to an activating group) is 1. The lowest BCUT2D eigenvalue weighted by Crippen LogP contribution is -2.48.